The highest BCUT2D eigenvalue weighted by atomic mass is 32.2. The molecule has 0 saturated heterocycles. The molecule has 1 amide bonds. The molecule has 0 spiro atoms. The van der Waals surface area contributed by atoms with Crippen LogP contribution in [-0.4, -0.2) is 28.1 Å². The second-order valence-electron chi connectivity index (χ2n) is 6.34. The number of carbonyl (C=O) groups excluding carboxylic acids is 1. The van der Waals surface area contributed by atoms with E-state index in [0.717, 1.165) is 17.7 Å². The first-order valence-corrected chi connectivity index (χ1v) is 11.3. The Morgan fingerprint density at radius 3 is 2.46 bits per heavy atom. The molecule has 0 atom stereocenters. The normalized spacial score (nSPS) is 10.8. The van der Waals surface area contributed by atoms with E-state index in [9.17, 15) is 4.79 Å². The van der Waals surface area contributed by atoms with Crippen LogP contribution in [0.3, 0.4) is 0 Å². The third-order valence-electron chi connectivity index (χ3n) is 4.07. The van der Waals surface area contributed by atoms with Crippen molar-refractivity contribution in [3.63, 3.8) is 0 Å². The van der Waals surface area contributed by atoms with Gasteiger partial charge in [0.1, 0.15) is 0 Å². The Bertz CT molecular complexity index is 893. The highest BCUT2D eigenvalue weighted by Gasteiger charge is 2.10. The zero-order valence-corrected chi connectivity index (χ0v) is 17.6. The molecule has 0 aliphatic carbocycles. The lowest BCUT2D eigenvalue weighted by Crippen LogP contribution is -2.11. The monoisotopic (exact) mass is 413 g/mol. The second kappa shape index (κ2) is 10.3. The van der Waals surface area contributed by atoms with Crippen LogP contribution in [0.2, 0.25) is 0 Å². The van der Waals surface area contributed by atoms with Gasteiger partial charge in [0.15, 0.2) is 0 Å². The predicted octanol–water partition coefficient (Wildman–Crippen LogP) is 5.20. The maximum atomic E-state index is 12.1. The van der Waals surface area contributed by atoms with Crippen LogP contribution in [0.1, 0.15) is 29.9 Å². The first-order chi connectivity index (χ1) is 13.6. The quantitative estimate of drug-likeness (QED) is 0.384. The minimum Gasteiger partial charge on any atom is -0.407 e. The summed E-state index contributed by atoms with van der Waals surface area (Å²) in [5.74, 6) is 1.27. The molecule has 0 aliphatic heterocycles. The first kappa shape index (κ1) is 20.5. The molecule has 1 N–H and O–H groups in total. The lowest BCUT2D eigenvalue weighted by atomic mass is 10.1. The molecule has 3 rings (SSSR count). The summed E-state index contributed by atoms with van der Waals surface area (Å²) in [4.78, 5) is 14.5. The summed E-state index contributed by atoms with van der Waals surface area (Å²) < 4.78 is 5.54. The first-order valence-electron chi connectivity index (χ1n) is 9.07. The van der Waals surface area contributed by atoms with E-state index in [0.29, 0.717) is 18.7 Å². The summed E-state index contributed by atoms with van der Waals surface area (Å²) in [5, 5.41) is 10.6. The van der Waals surface area contributed by atoms with Crippen molar-refractivity contribution in [2.45, 2.75) is 36.0 Å². The van der Waals surface area contributed by atoms with E-state index in [1.165, 1.54) is 15.4 Å². The molecule has 0 saturated carbocycles. The van der Waals surface area contributed by atoms with Gasteiger partial charge < -0.3 is 4.42 Å². The molecule has 28 heavy (non-hydrogen) atoms. The third kappa shape index (κ3) is 6.42. The Kier molecular flexibility index (Phi) is 7.56. The molecule has 1 heterocycles. The summed E-state index contributed by atoms with van der Waals surface area (Å²) in [6.45, 7) is 2.07. The van der Waals surface area contributed by atoms with Crippen LogP contribution in [-0.2, 0) is 11.2 Å². The Labute approximate surface area is 173 Å². The molecule has 0 radical (unpaired) electrons. The highest BCUT2D eigenvalue weighted by molar-refractivity contribution is 7.99. The molecule has 5 nitrogen and oxygen atoms in total. The van der Waals surface area contributed by atoms with Crippen molar-refractivity contribution in [2.75, 3.05) is 17.3 Å². The van der Waals surface area contributed by atoms with Gasteiger partial charge in [0.2, 0.25) is 11.8 Å². The number of amides is 1. The number of thioether (sulfide) groups is 2. The fourth-order valence-electron chi connectivity index (χ4n) is 2.53. The van der Waals surface area contributed by atoms with Crippen LogP contribution < -0.4 is 5.32 Å². The van der Waals surface area contributed by atoms with Crippen molar-refractivity contribution in [1.82, 2.24) is 10.2 Å². The Balaban J connectivity index is 1.40. The standard InChI is InChI=1S/C21H23N3O2S2/c1-15-5-9-18(10-6-15)28-13-3-4-19(25)22-21-24-23-20(26-21)14-16-7-11-17(27-2)12-8-16/h5-12H,3-4,13-14H2,1-2H3,(H,22,24,25). The number of aryl methyl sites for hydroxylation is 1. The predicted molar refractivity (Wildman–Crippen MR) is 115 cm³/mol. The lowest BCUT2D eigenvalue weighted by molar-refractivity contribution is -0.116. The van der Waals surface area contributed by atoms with Gasteiger partial charge in [0.05, 0.1) is 6.42 Å². The molecule has 0 bridgehead atoms. The van der Waals surface area contributed by atoms with Crippen LogP contribution in [0.25, 0.3) is 0 Å². The molecule has 0 fully saturated rings. The van der Waals surface area contributed by atoms with E-state index in [-0.39, 0.29) is 11.9 Å². The zero-order chi connectivity index (χ0) is 19.8. The Hall–Kier alpha value is -2.25. The molecule has 2 aromatic carbocycles. The van der Waals surface area contributed by atoms with E-state index >= 15 is 0 Å². The number of hydrogen-bond acceptors (Lipinski definition) is 6. The summed E-state index contributed by atoms with van der Waals surface area (Å²) in [5.41, 5.74) is 2.34. The van der Waals surface area contributed by atoms with Crippen LogP contribution in [0.4, 0.5) is 6.01 Å². The van der Waals surface area contributed by atoms with Crippen LogP contribution in [0.15, 0.2) is 62.7 Å². The van der Waals surface area contributed by atoms with Crippen molar-refractivity contribution in [3.8, 4) is 0 Å². The van der Waals surface area contributed by atoms with Gasteiger partial charge in [-0.2, -0.15) is 0 Å². The molecule has 146 valence electrons. The summed E-state index contributed by atoms with van der Waals surface area (Å²) >= 11 is 3.45. The van der Waals surface area contributed by atoms with Gasteiger partial charge in [-0.25, -0.2) is 0 Å². The maximum Gasteiger partial charge on any atom is 0.322 e. The molecule has 0 unspecified atom stereocenters. The molecule has 0 aliphatic rings. The number of rotatable bonds is 9. The largest absolute Gasteiger partial charge is 0.407 e. The van der Waals surface area contributed by atoms with Crippen molar-refractivity contribution >= 4 is 35.4 Å². The Morgan fingerprint density at radius 2 is 1.75 bits per heavy atom. The lowest BCUT2D eigenvalue weighted by Gasteiger charge is -2.02. The third-order valence-corrected chi connectivity index (χ3v) is 5.91. The number of nitrogens with one attached hydrogen (secondary N) is 1. The number of carbonyl (C=O) groups is 1. The minimum absolute atomic E-state index is 0.107. The summed E-state index contributed by atoms with van der Waals surface area (Å²) in [6.07, 6.45) is 3.80. The summed E-state index contributed by atoms with van der Waals surface area (Å²) in [6, 6.07) is 16.8. The fourth-order valence-corrected chi connectivity index (χ4v) is 3.79. The topological polar surface area (TPSA) is 68.0 Å². The van der Waals surface area contributed by atoms with E-state index in [1.54, 1.807) is 23.5 Å². The summed E-state index contributed by atoms with van der Waals surface area (Å²) in [7, 11) is 0. The highest BCUT2D eigenvalue weighted by Crippen LogP contribution is 2.20. The number of aromatic nitrogens is 2. The average molecular weight is 414 g/mol. The number of nitrogens with zero attached hydrogens (tertiary/aromatic N) is 2. The van der Waals surface area contributed by atoms with E-state index in [1.807, 2.05) is 18.4 Å². The maximum absolute atomic E-state index is 12.1. The van der Waals surface area contributed by atoms with Gasteiger partial charge in [-0.1, -0.05) is 34.9 Å². The van der Waals surface area contributed by atoms with Gasteiger partial charge in [0.25, 0.3) is 0 Å². The molecular weight excluding hydrogens is 390 g/mol. The second-order valence-corrected chi connectivity index (χ2v) is 8.39. The van der Waals surface area contributed by atoms with Crippen molar-refractivity contribution in [3.05, 3.63) is 65.5 Å². The number of hydrogen-bond donors (Lipinski definition) is 1. The van der Waals surface area contributed by atoms with Crippen LogP contribution in [0, 0.1) is 6.92 Å². The van der Waals surface area contributed by atoms with Crippen molar-refractivity contribution in [1.29, 1.82) is 0 Å². The van der Waals surface area contributed by atoms with Crippen molar-refractivity contribution < 1.29 is 9.21 Å². The van der Waals surface area contributed by atoms with Crippen LogP contribution in [0.5, 0.6) is 0 Å². The van der Waals surface area contributed by atoms with Gasteiger partial charge in [-0.15, -0.1) is 28.6 Å². The SMILES string of the molecule is CSc1ccc(Cc2nnc(NC(=O)CCCSc3ccc(C)cc3)o2)cc1. The van der Waals surface area contributed by atoms with E-state index in [2.05, 4.69) is 58.8 Å². The minimum atomic E-state index is -0.107. The number of anilines is 1. The molecule has 1 aromatic heterocycles. The zero-order valence-electron chi connectivity index (χ0n) is 16.0. The number of benzene rings is 2. The average Bonchev–Trinajstić information content (AvgIpc) is 3.14. The van der Waals surface area contributed by atoms with Crippen LogP contribution >= 0.6 is 23.5 Å². The van der Waals surface area contributed by atoms with Gasteiger partial charge in [-0.05, 0) is 55.2 Å². The van der Waals surface area contributed by atoms with Gasteiger partial charge in [-0.3, -0.25) is 10.1 Å². The fraction of sp³-hybridized carbons (Fsp3) is 0.286. The van der Waals surface area contributed by atoms with Gasteiger partial charge in [0, 0.05) is 16.2 Å². The molecule has 7 heteroatoms. The molecular formula is C21H23N3O2S2. The smallest absolute Gasteiger partial charge is 0.322 e. The van der Waals surface area contributed by atoms with Crippen molar-refractivity contribution in [2.24, 2.45) is 0 Å². The Morgan fingerprint density at radius 1 is 1.04 bits per heavy atom. The molecule has 3 aromatic rings. The van der Waals surface area contributed by atoms with E-state index in [4.69, 9.17) is 4.42 Å². The van der Waals surface area contributed by atoms with E-state index < -0.39 is 0 Å². The van der Waals surface area contributed by atoms with Gasteiger partial charge >= 0.3 is 6.01 Å².